The Morgan fingerprint density at radius 3 is 2.19 bits per heavy atom. The van der Waals surface area contributed by atoms with Crippen LogP contribution in [0, 0.1) is 5.82 Å². The summed E-state index contributed by atoms with van der Waals surface area (Å²) < 4.78 is 37.9. The number of nitrogens with zero attached hydrogens (tertiary/aromatic N) is 3. The molecule has 2 atom stereocenters. The van der Waals surface area contributed by atoms with Crippen molar-refractivity contribution in [1.82, 2.24) is 14.6 Å². The second-order valence-electron chi connectivity index (χ2n) is 16.4. The van der Waals surface area contributed by atoms with E-state index in [1.165, 1.54) is 16.4 Å². The van der Waals surface area contributed by atoms with E-state index in [0.717, 1.165) is 27.8 Å². The molecule has 1 aliphatic heterocycles. The smallest absolute Gasteiger partial charge is 0.270 e. The number of carbonyl (C=O) groups is 1. The Bertz CT molecular complexity index is 2200. The van der Waals surface area contributed by atoms with Crippen molar-refractivity contribution in [1.29, 1.82) is 0 Å². The third kappa shape index (κ3) is 8.90. The Balaban J connectivity index is 1.46. The summed E-state index contributed by atoms with van der Waals surface area (Å²) in [6.07, 6.45) is 2.24. The fraction of sp³-hybridized carbons (Fsp3) is 0.298. The van der Waals surface area contributed by atoms with E-state index in [0.29, 0.717) is 30.8 Å². The summed E-state index contributed by atoms with van der Waals surface area (Å²) >= 11 is -1.42. The molecule has 6 rings (SSSR count). The highest BCUT2D eigenvalue weighted by atomic mass is 32.2. The standard InChI is InChI=1S/C47H53FN4O3SSi/c1-33(30-49-8)34-19-17-20-35(28-34)44-43-37(29-41(51-44)45(53)50-31-36-18-15-16-25-40(36)48)32-52(56(54)46(2,3)4)42(43)26-27-55-57(47(5,6)7,38-21-11-9-12-22-38)39-23-13-10-14-24-39/h9-25,28-30,42H,1,26-27,31-32H2,2-8H3,(H,50,53)/b49-30-/t42-,56-/m1/s1. The summed E-state index contributed by atoms with van der Waals surface area (Å²) in [4.78, 5) is 23.1. The number of carbonyl (C=O) groups excluding carboxylic acids is 1. The van der Waals surface area contributed by atoms with Gasteiger partial charge in [0.2, 0.25) is 0 Å². The van der Waals surface area contributed by atoms with E-state index in [4.69, 9.17) is 9.41 Å². The van der Waals surface area contributed by atoms with Gasteiger partial charge in [0.05, 0.1) is 18.3 Å². The van der Waals surface area contributed by atoms with Crippen molar-refractivity contribution in [3.63, 3.8) is 0 Å². The molecule has 0 radical (unpaired) electrons. The minimum absolute atomic E-state index is 0.00758. The van der Waals surface area contributed by atoms with Crippen molar-refractivity contribution in [2.45, 2.75) is 76.9 Å². The number of fused-ring (bicyclic) bond motifs is 1. The SMILES string of the molecule is C=C(/C=N\C)c1cccc(-c2nc(C(=O)NCc3ccccc3F)cc3c2[C@@H](CCO[Si](c2ccccc2)(c2ccccc2)C(C)(C)C)N([S@+]([O-])C(C)(C)C)C3)c1. The number of amides is 1. The molecule has 1 aromatic heterocycles. The number of pyridine rings is 1. The zero-order valence-electron chi connectivity index (χ0n) is 34.0. The van der Waals surface area contributed by atoms with Gasteiger partial charge in [-0.2, -0.15) is 0 Å². The molecule has 0 saturated heterocycles. The van der Waals surface area contributed by atoms with Crippen LogP contribution in [0.4, 0.5) is 4.39 Å². The predicted molar refractivity (Wildman–Crippen MR) is 235 cm³/mol. The summed E-state index contributed by atoms with van der Waals surface area (Å²) in [6.45, 7) is 17.7. The fourth-order valence-corrected chi connectivity index (χ4v) is 13.8. The minimum atomic E-state index is -2.88. The van der Waals surface area contributed by atoms with E-state index in [9.17, 15) is 13.7 Å². The first-order chi connectivity index (χ1) is 27.2. The van der Waals surface area contributed by atoms with Crippen molar-refractivity contribution in [2.75, 3.05) is 13.7 Å². The van der Waals surface area contributed by atoms with Gasteiger partial charge >= 0.3 is 0 Å². The maximum atomic E-state index is 14.5. The van der Waals surface area contributed by atoms with E-state index in [2.05, 4.69) is 86.2 Å². The van der Waals surface area contributed by atoms with Crippen LogP contribution >= 0.6 is 0 Å². The number of halogens is 1. The van der Waals surface area contributed by atoms with Crippen LogP contribution in [0.25, 0.3) is 16.8 Å². The normalized spacial score (nSPS) is 15.4. The van der Waals surface area contributed by atoms with Crippen LogP contribution in [-0.2, 0) is 28.9 Å². The van der Waals surface area contributed by atoms with Gasteiger partial charge in [-0.3, -0.25) is 9.79 Å². The van der Waals surface area contributed by atoms with Crippen molar-refractivity contribution in [3.05, 3.63) is 156 Å². The van der Waals surface area contributed by atoms with Gasteiger partial charge in [0, 0.05) is 54.5 Å². The average Bonchev–Trinajstić information content (AvgIpc) is 3.56. The third-order valence-corrected chi connectivity index (χ3v) is 17.3. The molecule has 10 heteroatoms. The van der Waals surface area contributed by atoms with Crippen molar-refractivity contribution >= 4 is 47.7 Å². The lowest BCUT2D eigenvalue weighted by atomic mass is 9.94. The van der Waals surface area contributed by atoms with Crippen molar-refractivity contribution in [2.24, 2.45) is 4.99 Å². The Morgan fingerprint density at radius 1 is 0.965 bits per heavy atom. The van der Waals surface area contributed by atoms with Crippen LogP contribution in [0.2, 0.25) is 5.04 Å². The number of hydrogen-bond donors (Lipinski definition) is 1. The molecular formula is C47H53FN4O3SSi. The average molecular weight is 801 g/mol. The van der Waals surface area contributed by atoms with E-state index in [1.54, 1.807) is 37.5 Å². The summed E-state index contributed by atoms with van der Waals surface area (Å²) in [5.41, 5.74) is 5.37. The van der Waals surface area contributed by atoms with E-state index < -0.39 is 36.2 Å². The summed E-state index contributed by atoms with van der Waals surface area (Å²) in [5, 5.41) is 5.03. The molecule has 2 heterocycles. The Hall–Kier alpha value is -4.71. The van der Waals surface area contributed by atoms with E-state index in [1.807, 2.05) is 61.5 Å². The number of nitrogens with one attached hydrogen (secondary N) is 1. The van der Waals surface area contributed by atoms with Gasteiger partial charge in [0.25, 0.3) is 14.2 Å². The second-order valence-corrected chi connectivity index (χ2v) is 22.9. The number of rotatable bonds is 13. The quantitative estimate of drug-likeness (QED) is 0.0731. The predicted octanol–water partition coefficient (Wildman–Crippen LogP) is 8.82. The molecule has 57 heavy (non-hydrogen) atoms. The highest BCUT2D eigenvalue weighted by Crippen LogP contribution is 2.46. The zero-order valence-corrected chi connectivity index (χ0v) is 35.8. The van der Waals surface area contributed by atoms with E-state index >= 15 is 0 Å². The largest absolute Gasteiger partial charge is 0.597 e. The molecule has 7 nitrogen and oxygen atoms in total. The Labute approximate surface area is 341 Å². The monoisotopic (exact) mass is 800 g/mol. The summed E-state index contributed by atoms with van der Waals surface area (Å²) in [5.74, 6) is -0.820. The molecule has 1 amide bonds. The van der Waals surface area contributed by atoms with Gasteiger partial charge in [-0.15, -0.1) is 4.31 Å². The minimum Gasteiger partial charge on any atom is -0.597 e. The fourth-order valence-electron chi connectivity index (χ4n) is 7.77. The number of aliphatic imine (C=N–C) groups is 1. The molecule has 296 valence electrons. The summed E-state index contributed by atoms with van der Waals surface area (Å²) in [7, 11) is -1.18. The van der Waals surface area contributed by atoms with Crippen molar-refractivity contribution in [3.8, 4) is 11.3 Å². The molecule has 0 bridgehead atoms. The van der Waals surface area contributed by atoms with Gasteiger partial charge < -0.3 is 14.3 Å². The third-order valence-electron chi connectivity index (χ3n) is 10.4. The highest BCUT2D eigenvalue weighted by molar-refractivity contribution is 7.90. The van der Waals surface area contributed by atoms with Gasteiger partial charge in [0.1, 0.15) is 16.3 Å². The Kier molecular flexibility index (Phi) is 12.8. The molecule has 0 saturated carbocycles. The van der Waals surface area contributed by atoms with Crippen LogP contribution in [0.3, 0.4) is 0 Å². The van der Waals surface area contributed by atoms with E-state index in [-0.39, 0.29) is 23.3 Å². The molecule has 5 aromatic rings. The molecule has 4 aromatic carbocycles. The second kappa shape index (κ2) is 17.4. The molecule has 0 unspecified atom stereocenters. The highest BCUT2D eigenvalue weighted by Gasteiger charge is 2.51. The lowest BCUT2D eigenvalue weighted by Gasteiger charge is -2.43. The summed E-state index contributed by atoms with van der Waals surface area (Å²) in [6, 6.07) is 36.8. The maximum absolute atomic E-state index is 14.5. The van der Waals surface area contributed by atoms with Crippen LogP contribution in [-0.4, -0.2) is 52.7 Å². The lowest BCUT2D eigenvalue weighted by Crippen LogP contribution is -2.66. The lowest BCUT2D eigenvalue weighted by molar-refractivity contribution is 0.0945. The number of aromatic nitrogens is 1. The van der Waals surface area contributed by atoms with Gasteiger partial charge in [-0.05, 0) is 77.5 Å². The molecular weight excluding hydrogens is 748 g/mol. The first-order valence-electron chi connectivity index (χ1n) is 19.4. The maximum Gasteiger partial charge on any atom is 0.270 e. The first kappa shape index (κ1) is 41.9. The first-order valence-corrected chi connectivity index (χ1v) is 22.4. The molecule has 1 N–H and O–H groups in total. The van der Waals surface area contributed by atoms with Gasteiger partial charge in [-0.1, -0.05) is 124 Å². The van der Waals surface area contributed by atoms with Crippen LogP contribution in [0.15, 0.2) is 127 Å². The van der Waals surface area contributed by atoms with Crippen molar-refractivity contribution < 1.29 is 18.2 Å². The number of hydrogen-bond acceptors (Lipinski definition) is 6. The Morgan fingerprint density at radius 2 is 1.60 bits per heavy atom. The topological polar surface area (TPSA) is 89.9 Å². The zero-order chi connectivity index (χ0) is 41.0. The molecule has 1 aliphatic rings. The molecule has 0 fully saturated rings. The van der Waals surface area contributed by atoms with Gasteiger partial charge in [-0.25, -0.2) is 9.37 Å². The number of benzene rings is 4. The number of allylic oxidation sites excluding steroid dienone is 1. The van der Waals surface area contributed by atoms with Crippen LogP contribution < -0.4 is 15.7 Å². The van der Waals surface area contributed by atoms with Gasteiger partial charge in [0.15, 0.2) is 0 Å². The van der Waals surface area contributed by atoms with Crippen LogP contribution in [0.1, 0.15) is 86.7 Å². The molecule has 0 aliphatic carbocycles. The van der Waals surface area contributed by atoms with Crippen LogP contribution in [0.5, 0.6) is 0 Å². The molecule has 0 spiro atoms.